The largest absolute Gasteiger partial charge is 0.493 e. The molecule has 10 heteroatoms. The molecule has 2 aliphatic rings. The van der Waals surface area contributed by atoms with Crippen molar-refractivity contribution in [2.75, 3.05) is 7.11 Å². The fourth-order valence-electron chi connectivity index (χ4n) is 3.47. The maximum Gasteiger partial charge on any atom is 0.343 e. The zero-order chi connectivity index (χ0) is 25.2. The van der Waals surface area contributed by atoms with E-state index in [4.69, 9.17) is 14.9 Å². The second kappa shape index (κ2) is 9.59. The van der Waals surface area contributed by atoms with Gasteiger partial charge in [-0.25, -0.2) is 4.79 Å². The molecule has 9 nitrogen and oxygen atoms in total. The lowest BCUT2D eigenvalue weighted by Crippen LogP contribution is -2.35. The number of methoxy groups -OCH3 is 1. The average Bonchev–Trinajstić information content (AvgIpc) is 3.32. The minimum Gasteiger partial charge on any atom is -0.493 e. The maximum atomic E-state index is 12.7. The van der Waals surface area contributed by atoms with Gasteiger partial charge in [0.05, 0.1) is 18.2 Å². The fourth-order valence-corrected chi connectivity index (χ4v) is 4.35. The first-order valence-electron chi connectivity index (χ1n) is 10.8. The van der Waals surface area contributed by atoms with Gasteiger partial charge in [0, 0.05) is 18.0 Å². The molecular formula is C26H19N5O4S. The molecule has 178 valence electrons. The van der Waals surface area contributed by atoms with Crippen molar-refractivity contribution in [3.8, 4) is 11.5 Å². The Labute approximate surface area is 210 Å². The quantitative estimate of drug-likeness (QED) is 0.317. The van der Waals surface area contributed by atoms with E-state index >= 15 is 0 Å². The molecule has 3 heterocycles. The molecule has 2 aromatic carbocycles. The molecule has 0 bridgehead atoms. The third kappa shape index (κ3) is 4.53. The van der Waals surface area contributed by atoms with Crippen molar-refractivity contribution >= 4 is 45.8 Å². The van der Waals surface area contributed by atoms with E-state index in [1.165, 1.54) is 30.0 Å². The molecule has 0 atom stereocenters. The summed E-state index contributed by atoms with van der Waals surface area (Å²) < 4.78 is 10.9. The van der Waals surface area contributed by atoms with Gasteiger partial charge in [-0.1, -0.05) is 23.8 Å². The van der Waals surface area contributed by atoms with Crippen LogP contribution in [0.15, 0.2) is 82.7 Å². The van der Waals surface area contributed by atoms with E-state index in [2.05, 4.69) is 15.1 Å². The number of amides is 1. The summed E-state index contributed by atoms with van der Waals surface area (Å²) in [5, 5.41) is 15.3. The molecule has 3 aromatic rings. The second-order valence-corrected chi connectivity index (χ2v) is 8.79. The van der Waals surface area contributed by atoms with Gasteiger partial charge in [-0.3, -0.25) is 15.2 Å². The van der Waals surface area contributed by atoms with Gasteiger partial charge in [-0.2, -0.15) is 15.1 Å². The van der Waals surface area contributed by atoms with Crippen molar-refractivity contribution in [1.29, 1.82) is 5.41 Å². The molecule has 0 unspecified atom stereocenters. The Kier molecular flexibility index (Phi) is 6.17. The monoisotopic (exact) mass is 497 g/mol. The number of nitrogens with zero attached hydrogens (tertiary/aromatic N) is 4. The summed E-state index contributed by atoms with van der Waals surface area (Å²) in [6.45, 7) is 1.93. The van der Waals surface area contributed by atoms with E-state index in [0.717, 1.165) is 11.1 Å². The Balaban J connectivity index is 1.39. The molecule has 0 aliphatic carbocycles. The number of aryl methyl sites for hydroxylation is 1. The normalized spacial score (nSPS) is 15.9. The summed E-state index contributed by atoms with van der Waals surface area (Å²) in [5.41, 5.74) is 2.86. The summed E-state index contributed by atoms with van der Waals surface area (Å²) >= 11 is 1.20. The number of aliphatic imine (C=N–C) groups is 1. The molecule has 0 saturated carbocycles. The minimum atomic E-state index is -0.546. The van der Waals surface area contributed by atoms with Gasteiger partial charge in [-0.05, 0) is 66.7 Å². The SMILES string of the molecule is COc1cc(/C=C2/C(=N)N3N=C(c4cccnc4)SC3=NC2=O)ccc1OC(=O)c1ccc(C)cc1. The Morgan fingerprint density at radius 2 is 1.92 bits per heavy atom. The van der Waals surface area contributed by atoms with Gasteiger partial charge >= 0.3 is 5.97 Å². The number of thioether (sulfide) groups is 1. The summed E-state index contributed by atoms with van der Waals surface area (Å²) in [7, 11) is 1.45. The van der Waals surface area contributed by atoms with Crippen LogP contribution in [-0.2, 0) is 4.79 Å². The van der Waals surface area contributed by atoms with Crippen LogP contribution in [0.25, 0.3) is 6.08 Å². The highest BCUT2D eigenvalue weighted by Gasteiger charge is 2.36. The van der Waals surface area contributed by atoms with Gasteiger partial charge in [0.1, 0.15) is 5.04 Å². The van der Waals surface area contributed by atoms with E-state index in [-0.39, 0.29) is 17.2 Å². The highest BCUT2D eigenvalue weighted by molar-refractivity contribution is 8.27. The Bertz CT molecular complexity index is 1480. The Morgan fingerprint density at radius 1 is 1.11 bits per heavy atom. The highest BCUT2D eigenvalue weighted by Crippen LogP contribution is 2.33. The molecule has 0 saturated heterocycles. The van der Waals surface area contributed by atoms with Crippen molar-refractivity contribution in [1.82, 2.24) is 9.99 Å². The second-order valence-electron chi connectivity index (χ2n) is 7.83. The minimum absolute atomic E-state index is 0.0713. The summed E-state index contributed by atoms with van der Waals surface area (Å²) in [6, 6.07) is 15.5. The van der Waals surface area contributed by atoms with Crippen molar-refractivity contribution in [2.45, 2.75) is 6.92 Å². The highest BCUT2D eigenvalue weighted by atomic mass is 32.2. The van der Waals surface area contributed by atoms with Gasteiger partial charge in [0.2, 0.25) is 5.17 Å². The Hall–Kier alpha value is -4.57. The van der Waals surface area contributed by atoms with E-state index < -0.39 is 11.9 Å². The van der Waals surface area contributed by atoms with Crippen LogP contribution in [0.3, 0.4) is 0 Å². The molecule has 1 amide bonds. The number of nitrogens with one attached hydrogen (secondary N) is 1. The number of hydrogen-bond donors (Lipinski definition) is 1. The maximum absolute atomic E-state index is 12.7. The van der Waals surface area contributed by atoms with Crippen LogP contribution >= 0.6 is 11.8 Å². The van der Waals surface area contributed by atoms with E-state index in [1.807, 2.05) is 25.1 Å². The number of carbonyl (C=O) groups is 2. The number of aromatic nitrogens is 1. The van der Waals surface area contributed by atoms with Crippen LogP contribution in [-0.4, -0.2) is 45.0 Å². The number of benzene rings is 2. The van der Waals surface area contributed by atoms with E-state index in [1.54, 1.807) is 48.8 Å². The van der Waals surface area contributed by atoms with Crippen LogP contribution in [0.5, 0.6) is 11.5 Å². The molecular weight excluding hydrogens is 478 g/mol. The number of esters is 1. The molecule has 1 N–H and O–H groups in total. The molecule has 2 aliphatic heterocycles. The van der Waals surface area contributed by atoms with Crippen molar-refractivity contribution in [3.05, 3.63) is 94.8 Å². The smallest absolute Gasteiger partial charge is 0.343 e. The summed E-state index contributed by atoms with van der Waals surface area (Å²) in [6.07, 6.45) is 4.84. The topological polar surface area (TPSA) is 117 Å². The standard InChI is InChI=1S/C26H19N5O4S/c1-15-5-8-17(9-6-15)25(33)35-20-10-7-16(13-21(20)34-2)12-19-22(27)31-26(29-23(19)32)36-24(30-31)18-4-3-11-28-14-18/h3-14,27H,1-2H3/b19-12-,27-22?. The van der Waals surface area contributed by atoms with E-state index in [9.17, 15) is 9.59 Å². The molecule has 1 aromatic heterocycles. The number of pyridine rings is 1. The van der Waals surface area contributed by atoms with Gasteiger partial charge in [-0.15, -0.1) is 0 Å². The van der Waals surface area contributed by atoms with Gasteiger partial charge < -0.3 is 9.47 Å². The van der Waals surface area contributed by atoms with Crippen molar-refractivity contribution in [2.24, 2.45) is 10.1 Å². The van der Waals surface area contributed by atoms with Crippen molar-refractivity contribution < 1.29 is 19.1 Å². The predicted molar refractivity (Wildman–Crippen MR) is 137 cm³/mol. The lowest BCUT2D eigenvalue weighted by molar-refractivity contribution is -0.114. The van der Waals surface area contributed by atoms with Crippen LogP contribution < -0.4 is 9.47 Å². The number of ether oxygens (including phenoxy) is 2. The number of rotatable bonds is 5. The summed E-state index contributed by atoms with van der Waals surface area (Å²) in [4.78, 5) is 33.5. The predicted octanol–water partition coefficient (Wildman–Crippen LogP) is 4.29. The van der Waals surface area contributed by atoms with Gasteiger partial charge in [0.25, 0.3) is 5.91 Å². The Morgan fingerprint density at radius 3 is 2.64 bits per heavy atom. The zero-order valence-corrected chi connectivity index (χ0v) is 20.1. The van der Waals surface area contributed by atoms with E-state index in [0.29, 0.717) is 27.1 Å². The lowest BCUT2D eigenvalue weighted by Gasteiger charge is -2.20. The first-order valence-corrected chi connectivity index (χ1v) is 11.6. The summed E-state index contributed by atoms with van der Waals surface area (Å²) in [5.74, 6) is -0.616. The van der Waals surface area contributed by atoms with Crippen LogP contribution in [0.2, 0.25) is 0 Å². The third-order valence-corrected chi connectivity index (χ3v) is 6.31. The van der Waals surface area contributed by atoms with Gasteiger partial charge in [0.15, 0.2) is 17.3 Å². The third-order valence-electron chi connectivity index (χ3n) is 5.35. The average molecular weight is 498 g/mol. The first kappa shape index (κ1) is 23.2. The fraction of sp³-hybridized carbons (Fsp3) is 0.0769. The molecule has 0 fully saturated rings. The number of fused-ring (bicyclic) bond motifs is 1. The molecule has 36 heavy (non-hydrogen) atoms. The first-order chi connectivity index (χ1) is 17.4. The van der Waals surface area contributed by atoms with Crippen LogP contribution in [0.4, 0.5) is 0 Å². The molecule has 0 radical (unpaired) electrons. The number of amidine groups is 2. The van der Waals surface area contributed by atoms with Crippen LogP contribution in [0.1, 0.15) is 27.0 Å². The lowest BCUT2D eigenvalue weighted by atomic mass is 10.1. The number of hydrogen-bond acceptors (Lipinski definition) is 8. The number of carbonyl (C=O) groups excluding carboxylic acids is 2. The zero-order valence-electron chi connectivity index (χ0n) is 19.3. The molecule has 0 spiro atoms. The van der Waals surface area contributed by atoms with Crippen LogP contribution in [0, 0.1) is 12.3 Å². The van der Waals surface area contributed by atoms with Crippen molar-refractivity contribution in [3.63, 3.8) is 0 Å². The molecule has 5 rings (SSSR count). The number of hydrazone groups is 1.